The second-order valence-electron chi connectivity index (χ2n) is 7.33. The summed E-state index contributed by atoms with van der Waals surface area (Å²) in [5.74, 6) is -0.391. The van der Waals surface area contributed by atoms with Gasteiger partial charge in [-0.2, -0.15) is 0 Å². The SMILES string of the molecule is CC(C)n1c2ccccc2c2c1cc(C(=O)NCCN(C)C)n2S(C)(=O)=O. The molecule has 0 radical (unpaired) electrons. The molecule has 0 bridgehead atoms. The number of rotatable bonds is 6. The van der Waals surface area contributed by atoms with E-state index in [9.17, 15) is 13.2 Å². The molecular weight excluding hydrogens is 364 g/mol. The molecule has 7 nitrogen and oxygen atoms in total. The molecule has 0 spiro atoms. The Morgan fingerprint density at radius 3 is 2.44 bits per heavy atom. The van der Waals surface area contributed by atoms with Crippen molar-refractivity contribution in [1.29, 1.82) is 0 Å². The van der Waals surface area contributed by atoms with Crippen LogP contribution in [0.4, 0.5) is 0 Å². The Bertz CT molecular complexity index is 1110. The summed E-state index contributed by atoms with van der Waals surface area (Å²) in [5, 5.41) is 3.63. The number of hydrogen-bond acceptors (Lipinski definition) is 4. The van der Waals surface area contributed by atoms with E-state index < -0.39 is 15.9 Å². The summed E-state index contributed by atoms with van der Waals surface area (Å²) >= 11 is 0. The Balaban J connectivity index is 2.27. The van der Waals surface area contributed by atoms with Crippen molar-refractivity contribution in [3.05, 3.63) is 36.0 Å². The average molecular weight is 391 g/mol. The van der Waals surface area contributed by atoms with Gasteiger partial charge < -0.3 is 14.8 Å². The van der Waals surface area contributed by atoms with Gasteiger partial charge in [0.25, 0.3) is 5.91 Å². The van der Waals surface area contributed by atoms with E-state index in [-0.39, 0.29) is 11.7 Å². The second-order valence-corrected chi connectivity index (χ2v) is 9.16. The fourth-order valence-electron chi connectivity index (χ4n) is 3.47. The summed E-state index contributed by atoms with van der Waals surface area (Å²) < 4.78 is 28.5. The molecule has 3 rings (SSSR count). The lowest BCUT2D eigenvalue weighted by Gasteiger charge is -2.12. The van der Waals surface area contributed by atoms with Crippen LogP contribution in [0.3, 0.4) is 0 Å². The van der Waals surface area contributed by atoms with Crippen LogP contribution in [-0.2, 0) is 10.0 Å². The van der Waals surface area contributed by atoms with Crippen LogP contribution in [-0.4, -0.2) is 61.2 Å². The smallest absolute Gasteiger partial charge is 0.269 e. The lowest BCUT2D eigenvalue weighted by molar-refractivity contribution is 0.0945. The van der Waals surface area contributed by atoms with Gasteiger partial charge >= 0.3 is 0 Å². The highest BCUT2D eigenvalue weighted by atomic mass is 32.2. The van der Waals surface area contributed by atoms with E-state index in [1.807, 2.05) is 57.1 Å². The minimum atomic E-state index is -3.67. The zero-order chi connectivity index (χ0) is 19.9. The molecule has 0 unspecified atom stereocenters. The van der Waals surface area contributed by atoms with Crippen LogP contribution in [0.1, 0.15) is 30.4 Å². The molecule has 2 heterocycles. The Kier molecular flexibility index (Phi) is 5.05. The van der Waals surface area contributed by atoms with E-state index in [1.54, 1.807) is 6.07 Å². The number of hydrogen-bond donors (Lipinski definition) is 1. The largest absolute Gasteiger partial charge is 0.349 e. The van der Waals surface area contributed by atoms with Crippen molar-refractivity contribution in [3.63, 3.8) is 0 Å². The van der Waals surface area contributed by atoms with E-state index >= 15 is 0 Å². The molecule has 1 N–H and O–H groups in total. The number of nitrogens with one attached hydrogen (secondary N) is 1. The summed E-state index contributed by atoms with van der Waals surface area (Å²) in [4.78, 5) is 14.7. The lowest BCUT2D eigenvalue weighted by atomic mass is 10.2. The summed E-state index contributed by atoms with van der Waals surface area (Å²) in [6.07, 6.45) is 1.13. The fourth-order valence-corrected chi connectivity index (χ4v) is 4.48. The van der Waals surface area contributed by atoms with Gasteiger partial charge in [0, 0.05) is 24.5 Å². The minimum Gasteiger partial charge on any atom is -0.349 e. The number of carbonyl (C=O) groups is 1. The van der Waals surface area contributed by atoms with Gasteiger partial charge in [0.05, 0.1) is 22.8 Å². The van der Waals surface area contributed by atoms with E-state index in [0.717, 1.165) is 22.7 Å². The predicted molar refractivity (Wildman–Crippen MR) is 109 cm³/mol. The van der Waals surface area contributed by atoms with Crippen molar-refractivity contribution < 1.29 is 13.2 Å². The standard InChI is InChI=1S/C19H26N4O3S/c1-13(2)22-15-9-7-6-8-14(15)18-16(22)12-17(23(18)27(5,25)26)19(24)20-10-11-21(3)4/h6-9,12-13H,10-11H2,1-5H3,(H,20,24). The van der Waals surface area contributed by atoms with E-state index in [2.05, 4.69) is 9.88 Å². The molecule has 3 aromatic rings. The van der Waals surface area contributed by atoms with E-state index in [4.69, 9.17) is 0 Å². The third-order valence-corrected chi connectivity index (χ3v) is 5.58. The highest BCUT2D eigenvalue weighted by Crippen LogP contribution is 2.34. The number of carbonyl (C=O) groups excluding carboxylic acids is 1. The molecule has 146 valence electrons. The van der Waals surface area contributed by atoms with Crippen LogP contribution in [0.15, 0.2) is 30.3 Å². The van der Waals surface area contributed by atoms with Crippen LogP contribution in [0.2, 0.25) is 0 Å². The highest BCUT2D eigenvalue weighted by Gasteiger charge is 2.26. The van der Waals surface area contributed by atoms with Crippen molar-refractivity contribution in [2.45, 2.75) is 19.9 Å². The zero-order valence-corrected chi connectivity index (χ0v) is 17.2. The van der Waals surface area contributed by atoms with Crippen LogP contribution < -0.4 is 5.32 Å². The van der Waals surface area contributed by atoms with Gasteiger partial charge in [-0.15, -0.1) is 0 Å². The Morgan fingerprint density at radius 2 is 1.85 bits per heavy atom. The average Bonchev–Trinajstić information content (AvgIpc) is 3.08. The van der Waals surface area contributed by atoms with Crippen molar-refractivity contribution in [3.8, 4) is 0 Å². The summed E-state index contributed by atoms with van der Waals surface area (Å²) in [6.45, 7) is 5.20. The van der Waals surface area contributed by atoms with Crippen LogP contribution in [0.25, 0.3) is 21.9 Å². The van der Waals surface area contributed by atoms with Crippen molar-refractivity contribution in [2.24, 2.45) is 0 Å². The monoisotopic (exact) mass is 390 g/mol. The molecule has 0 aliphatic heterocycles. The van der Waals surface area contributed by atoms with Crippen LogP contribution in [0, 0.1) is 0 Å². The number of benzene rings is 1. The molecule has 0 fully saturated rings. The lowest BCUT2D eigenvalue weighted by Crippen LogP contribution is -2.33. The third kappa shape index (κ3) is 3.46. The van der Waals surface area contributed by atoms with Gasteiger partial charge in [-0.1, -0.05) is 18.2 Å². The van der Waals surface area contributed by atoms with Crippen molar-refractivity contribution in [2.75, 3.05) is 33.4 Å². The predicted octanol–water partition coefficient (Wildman–Crippen LogP) is 2.28. The number of fused-ring (bicyclic) bond motifs is 3. The molecular formula is C19H26N4O3S. The maximum atomic E-state index is 12.8. The quantitative estimate of drug-likeness (QED) is 0.701. The van der Waals surface area contributed by atoms with Crippen molar-refractivity contribution in [1.82, 2.24) is 18.8 Å². The fraction of sp³-hybridized carbons (Fsp3) is 0.421. The first-order valence-electron chi connectivity index (χ1n) is 8.90. The topological polar surface area (TPSA) is 76.3 Å². The maximum Gasteiger partial charge on any atom is 0.269 e. The molecule has 8 heteroatoms. The van der Waals surface area contributed by atoms with Crippen LogP contribution in [0.5, 0.6) is 0 Å². The number of aromatic nitrogens is 2. The van der Waals surface area contributed by atoms with Crippen molar-refractivity contribution >= 4 is 37.9 Å². The van der Waals surface area contributed by atoms with Gasteiger partial charge in [0.2, 0.25) is 10.0 Å². The third-order valence-electron chi connectivity index (χ3n) is 4.54. The van der Waals surface area contributed by atoms with E-state index in [1.165, 1.54) is 3.97 Å². The first kappa shape index (κ1) is 19.4. The molecule has 0 atom stereocenters. The molecule has 1 amide bonds. The molecule has 0 saturated carbocycles. The summed E-state index contributed by atoms with van der Waals surface area (Å²) in [6, 6.07) is 9.47. The zero-order valence-electron chi connectivity index (χ0n) is 16.4. The number of amides is 1. The normalized spacial score (nSPS) is 12.6. The highest BCUT2D eigenvalue weighted by molar-refractivity contribution is 7.89. The molecule has 27 heavy (non-hydrogen) atoms. The first-order valence-corrected chi connectivity index (χ1v) is 10.8. The van der Waals surface area contributed by atoms with Gasteiger partial charge in [0.1, 0.15) is 5.69 Å². The van der Waals surface area contributed by atoms with Gasteiger partial charge in [-0.3, -0.25) is 4.79 Å². The Labute approximate surface area is 159 Å². The molecule has 0 aliphatic rings. The molecule has 1 aromatic carbocycles. The second kappa shape index (κ2) is 7.01. The molecule has 0 saturated heterocycles. The summed E-state index contributed by atoms with van der Waals surface area (Å²) in [5.41, 5.74) is 2.39. The minimum absolute atomic E-state index is 0.118. The number of para-hydroxylation sites is 1. The molecule has 0 aliphatic carbocycles. The Hall–Kier alpha value is -2.32. The Morgan fingerprint density at radius 1 is 1.19 bits per heavy atom. The van der Waals surface area contributed by atoms with Gasteiger partial charge in [-0.05, 0) is 40.1 Å². The molecule has 2 aromatic heterocycles. The van der Waals surface area contributed by atoms with Gasteiger partial charge in [0.15, 0.2) is 0 Å². The first-order chi connectivity index (χ1) is 12.6. The van der Waals surface area contributed by atoms with E-state index in [0.29, 0.717) is 18.6 Å². The van der Waals surface area contributed by atoms with Crippen LogP contribution >= 0.6 is 0 Å². The number of likely N-dealkylation sites (N-methyl/N-ethyl adjacent to an activating group) is 1. The number of nitrogens with zero attached hydrogens (tertiary/aromatic N) is 3. The maximum absolute atomic E-state index is 12.8. The van der Waals surface area contributed by atoms with Gasteiger partial charge in [-0.25, -0.2) is 12.4 Å². The summed E-state index contributed by atoms with van der Waals surface area (Å²) in [7, 11) is 0.153.